The second-order valence-corrected chi connectivity index (χ2v) is 5.28. The van der Waals surface area contributed by atoms with Crippen LogP contribution >= 0.6 is 11.6 Å². The van der Waals surface area contributed by atoms with Crippen LogP contribution < -0.4 is 10.6 Å². The molecule has 6 nitrogen and oxygen atoms in total. The summed E-state index contributed by atoms with van der Waals surface area (Å²) < 4.78 is 0. The first-order chi connectivity index (χ1) is 9.99. The molecule has 1 aromatic rings. The molecule has 3 amide bonds. The number of imide groups is 1. The van der Waals surface area contributed by atoms with Crippen LogP contribution in [0.15, 0.2) is 12.1 Å². The molecule has 1 saturated heterocycles. The quantitative estimate of drug-likeness (QED) is 0.646. The molecule has 1 fully saturated rings. The van der Waals surface area contributed by atoms with E-state index in [-0.39, 0.29) is 17.5 Å². The topological polar surface area (TPSA) is 88.2 Å². The van der Waals surface area contributed by atoms with E-state index in [1.54, 1.807) is 6.07 Å². The highest BCUT2D eigenvalue weighted by Crippen LogP contribution is 2.13. The number of nitrogens with zero attached hydrogens (tertiary/aromatic N) is 1. The van der Waals surface area contributed by atoms with Crippen LogP contribution in [0.5, 0.6) is 0 Å². The Kier molecular flexibility index (Phi) is 4.90. The largest absolute Gasteiger partial charge is 0.340 e. The number of aromatic nitrogens is 1. The Morgan fingerprint density at radius 3 is 2.90 bits per heavy atom. The number of aryl methyl sites for hydroxylation is 1. The van der Waals surface area contributed by atoms with Gasteiger partial charge in [-0.3, -0.25) is 19.7 Å². The van der Waals surface area contributed by atoms with Gasteiger partial charge >= 0.3 is 0 Å². The molecule has 1 aliphatic heterocycles. The fourth-order valence-corrected chi connectivity index (χ4v) is 2.37. The lowest BCUT2D eigenvalue weighted by Crippen LogP contribution is -2.52. The zero-order chi connectivity index (χ0) is 15.4. The summed E-state index contributed by atoms with van der Waals surface area (Å²) in [5.74, 6) is -1.19. The van der Waals surface area contributed by atoms with Gasteiger partial charge in [-0.1, -0.05) is 24.9 Å². The van der Waals surface area contributed by atoms with E-state index in [2.05, 4.69) is 15.6 Å². The number of rotatable bonds is 4. The zero-order valence-electron chi connectivity index (χ0n) is 11.6. The maximum Gasteiger partial charge on any atom is 0.252 e. The van der Waals surface area contributed by atoms with Crippen LogP contribution in [-0.4, -0.2) is 28.7 Å². The average molecular weight is 310 g/mol. The van der Waals surface area contributed by atoms with Crippen molar-refractivity contribution < 1.29 is 14.4 Å². The summed E-state index contributed by atoms with van der Waals surface area (Å²) in [6, 6.07) is 2.43. The summed E-state index contributed by atoms with van der Waals surface area (Å²) in [7, 11) is 0. The summed E-state index contributed by atoms with van der Waals surface area (Å²) in [6.45, 7) is 2.01. The van der Waals surface area contributed by atoms with Gasteiger partial charge in [0, 0.05) is 17.7 Å². The molecule has 1 unspecified atom stereocenters. The van der Waals surface area contributed by atoms with Gasteiger partial charge in [-0.2, -0.15) is 0 Å². The Morgan fingerprint density at radius 1 is 1.48 bits per heavy atom. The normalized spacial score (nSPS) is 18.3. The first-order valence-corrected chi connectivity index (χ1v) is 7.18. The molecule has 1 aromatic heterocycles. The second-order valence-electron chi connectivity index (χ2n) is 4.90. The molecule has 0 bridgehead atoms. The van der Waals surface area contributed by atoms with Gasteiger partial charge in [0.15, 0.2) is 0 Å². The number of hydrogen-bond donors (Lipinski definition) is 2. The third kappa shape index (κ3) is 4.01. The highest BCUT2D eigenvalue weighted by atomic mass is 35.5. The van der Waals surface area contributed by atoms with Crippen molar-refractivity contribution in [3.05, 3.63) is 28.5 Å². The highest BCUT2D eigenvalue weighted by Gasteiger charge is 2.28. The van der Waals surface area contributed by atoms with Crippen LogP contribution in [0.3, 0.4) is 0 Å². The molecule has 7 heteroatoms. The molecule has 2 N–H and O–H groups in total. The number of carbonyl (C=O) groups excluding carboxylic acids is 3. The van der Waals surface area contributed by atoms with Crippen LogP contribution in [0.2, 0.25) is 5.15 Å². The van der Waals surface area contributed by atoms with Crippen molar-refractivity contribution in [1.29, 1.82) is 0 Å². The van der Waals surface area contributed by atoms with Gasteiger partial charge in [0.2, 0.25) is 11.8 Å². The van der Waals surface area contributed by atoms with E-state index in [0.29, 0.717) is 12.0 Å². The Labute approximate surface area is 127 Å². The Hall–Kier alpha value is -1.95. The van der Waals surface area contributed by atoms with Crippen LogP contribution in [0.4, 0.5) is 0 Å². The minimum absolute atomic E-state index is 0.217. The predicted octanol–water partition coefficient (Wildman–Crippen LogP) is 1.22. The molecule has 0 aromatic carbocycles. The van der Waals surface area contributed by atoms with Crippen molar-refractivity contribution in [2.45, 2.75) is 38.6 Å². The molecule has 0 spiro atoms. The molecular formula is C14H16ClN3O3. The summed E-state index contributed by atoms with van der Waals surface area (Å²) in [6.07, 6.45) is 2.13. The Bertz CT molecular complexity index is 589. The first kappa shape index (κ1) is 15.4. The standard InChI is InChI=1S/C14H16ClN3O3/c1-2-3-9-6-8(7-11(15)16-9)13(20)17-10-4-5-12(19)18-14(10)21/h6-7,10H,2-5H2,1H3,(H,17,20)(H,18,19,21). The maximum absolute atomic E-state index is 12.2. The van der Waals surface area contributed by atoms with Crippen molar-refractivity contribution in [1.82, 2.24) is 15.6 Å². The molecule has 2 heterocycles. The number of halogens is 1. The molecular weight excluding hydrogens is 294 g/mol. The fourth-order valence-electron chi connectivity index (χ4n) is 2.14. The minimum atomic E-state index is -0.697. The van der Waals surface area contributed by atoms with Gasteiger partial charge in [0.1, 0.15) is 11.2 Å². The van der Waals surface area contributed by atoms with Gasteiger partial charge in [0.05, 0.1) is 0 Å². The second kappa shape index (κ2) is 6.67. The third-order valence-electron chi connectivity index (χ3n) is 3.16. The summed E-state index contributed by atoms with van der Waals surface area (Å²) in [4.78, 5) is 39.0. The van der Waals surface area contributed by atoms with Crippen molar-refractivity contribution in [3.8, 4) is 0 Å². The van der Waals surface area contributed by atoms with Crippen LogP contribution in [0, 0.1) is 0 Å². The SMILES string of the molecule is CCCc1cc(C(=O)NC2CCC(=O)NC2=O)cc(Cl)n1. The summed E-state index contributed by atoms with van der Waals surface area (Å²) >= 11 is 5.91. The number of nitrogens with one attached hydrogen (secondary N) is 2. The van der Waals surface area contributed by atoms with Gasteiger partial charge in [-0.15, -0.1) is 0 Å². The molecule has 21 heavy (non-hydrogen) atoms. The summed E-state index contributed by atoms with van der Waals surface area (Å²) in [5, 5.41) is 5.06. The van der Waals surface area contributed by atoms with Crippen molar-refractivity contribution in [3.63, 3.8) is 0 Å². The zero-order valence-corrected chi connectivity index (χ0v) is 12.4. The van der Waals surface area contributed by atoms with Crippen molar-refractivity contribution in [2.24, 2.45) is 0 Å². The number of piperidine rings is 1. The molecule has 1 atom stereocenters. The van der Waals surface area contributed by atoms with Crippen LogP contribution in [0.1, 0.15) is 42.2 Å². The smallest absolute Gasteiger partial charge is 0.252 e. The summed E-state index contributed by atoms with van der Waals surface area (Å²) in [5.41, 5.74) is 1.10. The molecule has 2 rings (SSSR count). The molecule has 112 valence electrons. The lowest BCUT2D eigenvalue weighted by atomic mass is 10.1. The lowest BCUT2D eigenvalue weighted by molar-refractivity contribution is -0.134. The predicted molar refractivity (Wildman–Crippen MR) is 76.9 cm³/mol. The Balaban J connectivity index is 2.09. The van der Waals surface area contributed by atoms with E-state index < -0.39 is 17.9 Å². The minimum Gasteiger partial charge on any atom is -0.340 e. The van der Waals surface area contributed by atoms with E-state index >= 15 is 0 Å². The number of pyridine rings is 1. The van der Waals surface area contributed by atoms with Gasteiger partial charge in [0.25, 0.3) is 5.91 Å². The van der Waals surface area contributed by atoms with Gasteiger partial charge < -0.3 is 5.32 Å². The van der Waals surface area contributed by atoms with E-state index in [9.17, 15) is 14.4 Å². The maximum atomic E-state index is 12.2. The number of carbonyl (C=O) groups is 3. The third-order valence-corrected chi connectivity index (χ3v) is 3.35. The van der Waals surface area contributed by atoms with Gasteiger partial charge in [-0.25, -0.2) is 4.98 Å². The molecule has 0 radical (unpaired) electrons. The first-order valence-electron chi connectivity index (χ1n) is 6.80. The molecule has 0 saturated carbocycles. The highest BCUT2D eigenvalue weighted by molar-refractivity contribution is 6.29. The van der Waals surface area contributed by atoms with E-state index in [1.165, 1.54) is 6.07 Å². The van der Waals surface area contributed by atoms with E-state index in [1.807, 2.05) is 6.92 Å². The van der Waals surface area contributed by atoms with Crippen LogP contribution in [0.25, 0.3) is 0 Å². The van der Waals surface area contributed by atoms with Crippen molar-refractivity contribution in [2.75, 3.05) is 0 Å². The van der Waals surface area contributed by atoms with Crippen LogP contribution in [-0.2, 0) is 16.0 Å². The van der Waals surface area contributed by atoms with E-state index in [4.69, 9.17) is 11.6 Å². The number of amides is 3. The van der Waals surface area contributed by atoms with Crippen molar-refractivity contribution >= 4 is 29.3 Å². The Morgan fingerprint density at radius 2 is 2.24 bits per heavy atom. The van der Waals surface area contributed by atoms with Gasteiger partial charge in [-0.05, 0) is 25.0 Å². The molecule has 0 aliphatic carbocycles. The molecule has 1 aliphatic rings. The van der Waals surface area contributed by atoms with E-state index in [0.717, 1.165) is 18.5 Å². The number of hydrogen-bond acceptors (Lipinski definition) is 4. The monoisotopic (exact) mass is 309 g/mol. The lowest BCUT2D eigenvalue weighted by Gasteiger charge is -2.21. The average Bonchev–Trinajstić information content (AvgIpc) is 2.41. The fraction of sp³-hybridized carbons (Fsp3) is 0.429.